The fraction of sp³-hybridized carbons (Fsp3) is 0.208. The molecule has 0 unspecified atom stereocenters. The first-order chi connectivity index (χ1) is 14.6. The Morgan fingerprint density at radius 1 is 1.00 bits per heavy atom. The quantitative estimate of drug-likeness (QED) is 0.701. The number of carboxylic acid groups (broad SMARTS) is 1. The summed E-state index contributed by atoms with van der Waals surface area (Å²) in [5, 5.41) is 9.25. The Labute approximate surface area is 173 Å². The van der Waals surface area contributed by atoms with E-state index in [2.05, 4.69) is 29.2 Å². The van der Waals surface area contributed by atoms with Crippen LogP contribution in [0, 0.1) is 0 Å². The fourth-order valence-electron chi connectivity index (χ4n) is 4.41. The summed E-state index contributed by atoms with van der Waals surface area (Å²) < 4.78 is 5.74. The maximum Gasteiger partial charge on any atom is 0.415 e. The number of ether oxygens (including phenoxy) is 1. The highest BCUT2D eigenvalue weighted by Gasteiger charge is 2.31. The van der Waals surface area contributed by atoms with Crippen molar-refractivity contribution in [3.8, 4) is 11.1 Å². The number of carboxylic acids is 1. The molecule has 0 fully saturated rings. The third-order valence-corrected chi connectivity index (χ3v) is 5.82. The summed E-state index contributed by atoms with van der Waals surface area (Å²) in [6, 6.07) is 19.6. The van der Waals surface area contributed by atoms with Gasteiger partial charge in [-0.1, -0.05) is 54.6 Å². The largest absolute Gasteiger partial charge is 0.477 e. The monoisotopic (exact) mass is 400 g/mol. The minimum atomic E-state index is -1.11. The highest BCUT2D eigenvalue weighted by molar-refractivity contribution is 5.90. The number of hydrogen-bond acceptors (Lipinski definition) is 4. The average molecular weight is 400 g/mol. The molecule has 0 bridgehead atoms. The number of rotatable bonds is 3. The summed E-state index contributed by atoms with van der Waals surface area (Å²) in [7, 11) is 0. The molecule has 0 saturated heterocycles. The summed E-state index contributed by atoms with van der Waals surface area (Å²) in [5.41, 5.74) is 5.43. The summed E-state index contributed by atoms with van der Waals surface area (Å²) in [6.45, 7) is 0.678. The minimum Gasteiger partial charge on any atom is -0.477 e. The standard InChI is InChI=1S/C24H20N2O4/c27-23(28)21-12-11-15-6-5-13-26(22(15)25-21)24(29)30-14-20-18-9-3-1-7-16(18)17-8-2-4-10-19(17)20/h1-4,7-12,20H,5-6,13-14H2,(H,27,28). The molecule has 2 heterocycles. The van der Waals surface area contributed by atoms with E-state index < -0.39 is 12.1 Å². The number of hydrogen-bond donors (Lipinski definition) is 1. The van der Waals surface area contributed by atoms with Crippen molar-refractivity contribution in [3.05, 3.63) is 83.0 Å². The predicted octanol–water partition coefficient (Wildman–Crippen LogP) is 4.48. The first-order valence-electron chi connectivity index (χ1n) is 9.99. The smallest absolute Gasteiger partial charge is 0.415 e. The van der Waals surface area contributed by atoms with Crippen molar-refractivity contribution in [2.75, 3.05) is 18.1 Å². The van der Waals surface area contributed by atoms with Crippen LogP contribution in [0.3, 0.4) is 0 Å². The second-order valence-electron chi connectivity index (χ2n) is 7.54. The van der Waals surface area contributed by atoms with Gasteiger partial charge in [0, 0.05) is 12.5 Å². The number of nitrogens with zero attached hydrogens (tertiary/aromatic N) is 2. The van der Waals surface area contributed by atoms with Gasteiger partial charge in [-0.3, -0.25) is 4.90 Å². The van der Waals surface area contributed by atoms with Crippen molar-refractivity contribution in [1.29, 1.82) is 0 Å². The second-order valence-corrected chi connectivity index (χ2v) is 7.54. The molecule has 2 aromatic carbocycles. The molecule has 0 spiro atoms. The van der Waals surface area contributed by atoms with Crippen molar-refractivity contribution >= 4 is 17.9 Å². The summed E-state index contributed by atoms with van der Waals surface area (Å²) >= 11 is 0. The zero-order valence-corrected chi connectivity index (χ0v) is 16.2. The van der Waals surface area contributed by atoms with Gasteiger partial charge < -0.3 is 9.84 Å². The number of aryl methyl sites for hydroxylation is 1. The second kappa shape index (κ2) is 7.30. The molecular weight excluding hydrogens is 380 g/mol. The van der Waals surface area contributed by atoms with Crippen LogP contribution in [0.5, 0.6) is 0 Å². The first-order valence-corrected chi connectivity index (χ1v) is 9.99. The molecular formula is C24H20N2O4. The molecule has 2 aliphatic rings. The van der Waals surface area contributed by atoms with Crippen LogP contribution in [0.4, 0.5) is 10.6 Å². The van der Waals surface area contributed by atoms with Gasteiger partial charge in [-0.15, -0.1) is 0 Å². The van der Waals surface area contributed by atoms with Gasteiger partial charge in [-0.2, -0.15) is 0 Å². The van der Waals surface area contributed by atoms with Gasteiger partial charge in [0.2, 0.25) is 0 Å². The van der Waals surface area contributed by atoms with Crippen LogP contribution in [0.1, 0.15) is 39.5 Å². The lowest BCUT2D eigenvalue weighted by atomic mass is 9.98. The molecule has 1 N–H and O–H groups in total. The topological polar surface area (TPSA) is 79.7 Å². The number of carbonyl (C=O) groups is 2. The average Bonchev–Trinajstić information content (AvgIpc) is 3.10. The van der Waals surface area contributed by atoms with E-state index in [1.54, 1.807) is 6.07 Å². The van der Waals surface area contributed by atoms with Gasteiger partial charge in [-0.25, -0.2) is 14.6 Å². The number of amides is 1. The van der Waals surface area contributed by atoms with Crippen LogP contribution in [0.15, 0.2) is 60.7 Å². The number of fused-ring (bicyclic) bond motifs is 4. The SMILES string of the molecule is O=C(O)c1ccc2c(n1)N(C(=O)OCC1c3ccccc3-c3ccccc31)CCC2. The van der Waals surface area contributed by atoms with E-state index in [0.29, 0.717) is 12.4 Å². The van der Waals surface area contributed by atoms with Crippen LogP contribution in [0.25, 0.3) is 11.1 Å². The number of aromatic nitrogens is 1. The minimum absolute atomic E-state index is 0.0241. The van der Waals surface area contributed by atoms with Crippen LogP contribution in [-0.4, -0.2) is 35.3 Å². The molecule has 1 amide bonds. The number of pyridine rings is 1. The van der Waals surface area contributed by atoms with Crippen molar-refractivity contribution < 1.29 is 19.4 Å². The lowest BCUT2D eigenvalue weighted by molar-refractivity contribution is 0.0690. The molecule has 0 atom stereocenters. The Kier molecular flexibility index (Phi) is 4.47. The molecule has 3 aromatic rings. The molecule has 0 saturated carbocycles. The lowest BCUT2D eigenvalue weighted by Gasteiger charge is -2.28. The zero-order chi connectivity index (χ0) is 20.7. The molecule has 6 nitrogen and oxygen atoms in total. The highest BCUT2D eigenvalue weighted by Crippen LogP contribution is 2.44. The third-order valence-electron chi connectivity index (χ3n) is 5.82. The van der Waals surface area contributed by atoms with Gasteiger partial charge in [-0.05, 0) is 46.7 Å². The predicted molar refractivity (Wildman–Crippen MR) is 112 cm³/mol. The normalized spacial score (nSPS) is 14.6. The molecule has 30 heavy (non-hydrogen) atoms. The fourth-order valence-corrected chi connectivity index (χ4v) is 4.41. The van der Waals surface area contributed by atoms with Gasteiger partial charge >= 0.3 is 12.1 Å². The molecule has 150 valence electrons. The van der Waals surface area contributed by atoms with Gasteiger partial charge in [0.1, 0.15) is 12.4 Å². The van der Waals surface area contributed by atoms with Crippen LogP contribution < -0.4 is 4.90 Å². The lowest BCUT2D eigenvalue weighted by Crippen LogP contribution is -2.37. The van der Waals surface area contributed by atoms with Crippen molar-refractivity contribution in [2.24, 2.45) is 0 Å². The first kappa shape index (κ1) is 18.4. The Morgan fingerprint density at radius 3 is 2.33 bits per heavy atom. The number of aromatic carboxylic acids is 1. The maximum absolute atomic E-state index is 12.9. The summed E-state index contributed by atoms with van der Waals surface area (Å²) in [6.07, 6.45) is 1.05. The van der Waals surface area contributed by atoms with Gasteiger partial charge in [0.25, 0.3) is 0 Å². The maximum atomic E-state index is 12.9. The molecule has 6 heteroatoms. The van der Waals surface area contributed by atoms with Crippen molar-refractivity contribution in [1.82, 2.24) is 4.98 Å². The summed E-state index contributed by atoms with van der Waals surface area (Å²) in [4.78, 5) is 29.9. The highest BCUT2D eigenvalue weighted by atomic mass is 16.6. The Balaban J connectivity index is 1.39. The van der Waals surface area contributed by atoms with Crippen LogP contribution in [0.2, 0.25) is 0 Å². The Morgan fingerprint density at radius 2 is 1.67 bits per heavy atom. The van der Waals surface area contributed by atoms with Gasteiger partial charge in [0.05, 0.1) is 0 Å². The third kappa shape index (κ3) is 3.01. The Bertz CT molecular complexity index is 1110. The number of anilines is 1. The molecule has 1 aliphatic carbocycles. The van der Waals surface area contributed by atoms with E-state index in [9.17, 15) is 14.7 Å². The molecule has 5 rings (SSSR count). The van der Waals surface area contributed by atoms with Crippen molar-refractivity contribution in [3.63, 3.8) is 0 Å². The van der Waals surface area contributed by atoms with Crippen LogP contribution >= 0.6 is 0 Å². The van der Waals surface area contributed by atoms with E-state index in [-0.39, 0.29) is 18.2 Å². The van der Waals surface area contributed by atoms with E-state index in [1.165, 1.54) is 22.1 Å². The number of carbonyl (C=O) groups excluding carboxylic acids is 1. The molecule has 0 radical (unpaired) electrons. The molecule has 1 aliphatic heterocycles. The Hall–Kier alpha value is -3.67. The van der Waals surface area contributed by atoms with E-state index >= 15 is 0 Å². The van der Waals surface area contributed by atoms with E-state index in [1.807, 2.05) is 24.3 Å². The van der Waals surface area contributed by atoms with E-state index in [4.69, 9.17) is 4.74 Å². The number of benzene rings is 2. The van der Waals surface area contributed by atoms with E-state index in [0.717, 1.165) is 29.5 Å². The summed E-state index contributed by atoms with van der Waals surface area (Å²) in [5.74, 6) is -0.752. The van der Waals surface area contributed by atoms with Crippen LogP contribution in [-0.2, 0) is 11.2 Å². The van der Waals surface area contributed by atoms with Gasteiger partial charge in [0.15, 0.2) is 5.69 Å². The van der Waals surface area contributed by atoms with Crippen molar-refractivity contribution in [2.45, 2.75) is 18.8 Å². The molecule has 1 aromatic heterocycles. The zero-order valence-electron chi connectivity index (χ0n) is 16.2.